The lowest BCUT2D eigenvalue weighted by Gasteiger charge is -2.31. The largest absolute Gasteiger partial charge is 0.507 e. The fourth-order valence-corrected chi connectivity index (χ4v) is 5.38. The van der Waals surface area contributed by atoms with Crippen LogP contribution in [0.1, 0.15) is 79.0 Å². The van der Waals surface area contributed by atoms with Crippen LogP contribution in [0.25, 0.3) is 22.3 Å². The van der Waals surface area contributed by atoms with Crippen LogP contribution in [0.2, 0.25) is 0 Å². The molecule has 48 heavy (non-hydrogen) atoms. The summed E-state index contributed by atoms with van der Waals surface area (Å²) in [6, 6.07) is 10.9. The van der Waals surface area contributed by atoms with Gasteiger partial charge in [-0.1, -0.05) is 74.4 Å². The van der Waals surface area contributed by atoms with Crippen molar-refractivity contribution in [2.45, 2.75) is 78.6 Å². The molecule has 0 aliphatic heterocycles. The Morgan fingerprint density at radius 1 is 0.562 bits per heavy atom. The average molecular weight is 665 g/mol. The van der Waals surface area contributed by atoms with Gasteiger partial charge in [0.2, 0.25) is 17.2 Å². The first-order valence-corrected chi connectivity index (χ1v) is 15.7. The summed E-state index contributed by atoms with van der Waals surface area (Å²) >= 11 is 0. The summed E-state index contributed by atoms with van der Waals surface area (Å²) in [7, 11) is 8.87. The van der Waals surface area contributed by atoms with Gasteiger partial charge in [-0.15, -0.1) is 0 Å². The van der Waals surface area contributed by atoms with Crippen molar-refractivity contribution >= 4 is 11.0 Å². The van der Waals surface area contributed by atoms with E-state index < -0.39 is 0 Å². The molecule has 3 aromatic carbocycles. The molecule has 1 aromatic heterocycles. The summed E-state index contributed by atoms with van der Waals surface area (Å²) in [5, 5.41) is 10.8. The van der Waals surface area contributed by atoms with Crippen molar-refractivity contribution in [3.05, 3.63) is 63.3 Å². The summed E-state index contributed by atoms with van der Waals surface area (Å²) in [5.74, 6) is 2.77. The zero-order chi connectivity index (χ0) is 36.4. The van der Waals surface area contributed by atoms with Crippen LogP contribution in [0.4, 0.5) is 0 Å². The highest BCUT2D eigenvalue weighted by Crippen LogP contribution is 2.50. The van der Waals surface area contributed by atoms with Crippen molar-refractivity contribution in [2.24, 2.45) is 0 Å². The van der Waals surface area contributed by atoms with Crippen molar-refractivity contribution in [3.63, 3.8) is 0 Å². The van der Waals surface area contributed by atoms with Gasteiger partial charge in [0.05, 0.1) is 42.7 Å². The third kappa shape index (κ3) is 7.61. The molecule has 0 saturated heterocycles. The molecule has 0 aliphatic rings. The van der Waals surface area contributed by atoms with Gasteiger partial charge in [-0.25, -0.2) is 0 Å². The van der Waals surface area contributed by atoms with E-state index in [1.807, 2.05) is 0 Å². The molecule has 0 radical (unpaired) electrons. The smallest absolute Gasteiger partial charge is 0.211 e. The van der Waals surface area contributed by atoms with E-state index in [0.717, 1.165) is 11.1 Å². The second-order valence-corrected chi connectivity index (χ2v) is 14.6. The Morgan fingerprint density at radius 2 is 1.04 bits per heavy atom. The Balaban J connectivity index is 0.000000286. The molecule has 0 fully saturated rings. The second kappa shape index (κ2) is 14.3. The Bertz CT molecular complexity index is 1780. The molecule has 4 rings (SSSR count). The molecule has 0 saturated carbocycles. The fourth-order valence-electron chi connectivity index (χ4n) is 5.38. The predicted molar refractivity (Wildman–Crippen MR) is 191 cm³/mol. The van der Waals surface area contributed by atoms with Gasteiger partial charge in [-0.05, 0) is 51.1 Å². The molecule has 0 amide bonds. The number of ether oxygens (including phenoxy) is 6. The number of fused-ring (bicyclic) bond motifs is 1. The molecule has 1 N–H and O–H groups in total. The van der Waals surface area contributed by atoms with E-state index in [1.54, 1.807) is 25.3 Å². The Kier molecular flexibility index (Phi) is 11.3. The number of phenols is 1. The molecule has 0 aliphatic carbocycles. The van der Waals surface area contributed by atoms with Crippen LogP contribution in [0, 0.1) is 0 Å². The van der Waals surface area contributed by atoms with E-state index in [1.165, 1.54) is 47.2 Å². The number of methoxy groups -OCH3 is 6. The standard InChI is InChI=1S/C21H22O8.C18H30O/c1-23-13-8-7-11(9-15(13)24-2)14-10-12(22)16-17(25-3)19(26-4)21(28-6)20(27-5)18(16)29-14;1-16(2,3)12-10-13(17(4,5)6)15(19)14(11-12)18(7,8)9/h7-10H,1-6H3;10-11,19H,1-9H3. The third-order valence-electron chi connectivity index (χ3n) is 8.08. The van der Waals surface area contributed by atoms with E-state index in [-0.39, 0.29) is 55.6 Å². The topological polar surface area (TPSA) is 106 Å². The number of benzene rings is 3. The lowest BCUT2D eigenvalue weighted by Crippen LogP contribution is -2.21. The molecule has 4 aromatic rings. The van der Waals surface area contributed by atoms with Crippen LogP contribution in [-0.2, 0) is 16.2 Å². The minimum atomic E-state index is -0.327. The second-order valence-electron chi connectivity index (χ2n) is 14.6. The summed E-state index contributed by atoms with van der Waals surface area (Å²) in [4.78, 5) is 13.0. The zero-order valence-corrected chi connectivity index (χ0v) is 31.2. The van der Waals surface area contributed by atoms with Crippen molar-refractivity contribution in [1.29, 1.82) is 0 Å². The highest BCUT2D eigenvalue weighted by atomic mass is 16.5. The van der Waals surface area contributed by atoms with Crippen LogP contribution in [-0.4, -0.2) is 47.8 Å². The van der Waals surface area contributed by atoms with E-state index in [9.17, 15) is 9.90 Å². The SMILES string of the molecule is CC(C)(C)c1cc(C(C)(C)C)c(O)c(C(C)(C)C)c1.COc1ccc(-c2cc(=O)c3c(OC)c(OC)c(OC)c(OC)c3o2)cc1OC. The van der Waals surface area contributed by atoms with Crippen LogP contribution >= 0.6 is 0 Å². The molecule has 0 atom stereocenters. The maximum Gasteiger partial charge on any atom is 0.211 e. The number of phenolic OH excluding ortho intramolecular Hbond substituents is 1. The first-order valence-electron chi connectivity index (χ1n) is 15.7. The monoisotopic (exact) mass is 664 g/mol. The third-order valence-corrected chi connectivity index (χ3v) is 8.08. The molecule has 0 unspecified atom stereocenters. The number of aromatic hydroxyl groups is 1. The lowest BCUT2D eigenvalue weighted by atomic mass is 9.75. The van der Waals surface area contributed by atoms with Gasteiger partial charge < -0.3 is 37.9 Å². The fraction of sp³-hybridized carbons (Fsp3) is 0.462. The van der Waals surface area contributed by atoms with Gasteiger partial charge in [0, 0.05) is 11.6 Å². The van der Waals surface area contributed by atoms with Crippen molar-refractivity contribution in [3.8, 4) is 51.6 Å². The lowest BCUT2D eigenvalue weighted by molar-refractivity contribution is 0.307. The predicted octanol–water partition coefficient (Wildman–Crippen LogP) is 8.80. The van der Waals surface area contributed by atoms with Gasteiger partial charge in [0.15, 0.2) is 28.3 Å². The highest BCUT2D eigenvalue weighted by molar-refractivity contribution is 5.95. The van der Waals surface area contributed by atoms with Crippen LogP contribution in [0.5, 0.6) is 40.2 Å². The minimum Gasteiger partial charge on any atom is -0.507 e. The Morgan fingerprint density at radius 3 is 1.46 bits per heavy atom. The van der Waals surface area contributed by atoms with E-state index >= 15 is 0 Å². The Labute approximate surface area is 284 Å². The van der Waals surface area contributed by atoms with Crippen LogP contribution < -0.4 is 33.8 Å². The first kappa shape index (κ1) is 37.9. The molecule has 9 nitrogen and oxygen atoms in total. The molecule has 1 heterocycles. The average Bonchev–Trinajstić information content (AvgIpc) is 3.01. The maximum atomic E-state index is 13.0. The molecule has 9 heteroatoms. The van der Waals surface area contributed by atoms with Gasteiger partial charge >= 0.3 is 0 Å². The van der Waals surface area contributed by atoms with Crippen molar-refractivity contribution < 1.29 is 37.9 Å². The van der Waals surface area contributed by atoms with Crippen LogP contribution in [0.3, 0.4) is 0 Å². The minimum absolute atomic E-state index is 0.0503. The Hall–Kier alpha value is -4.53. The number of rotatable bonds is 7. The molecular weight excluding hydrogens is 612 g/mol. The van der Waals surface area contributed by atoms with Gasteiger partial charge in [0.25, 0.3) is 0 Å². The summed E-state index contributed by atoms with van der Waals surface area (Å²) in [6.45, 7) is 19.6. The van der Waals surface area contributed by atoms with E-state index in [2.05, 4.69) is 74.4 Å². The van der Waals surface area contributed by atoms with E-state index in [0.29, 0.717) is 28.6 Å². The molecule has 0 bridgehead atoms. The number of hydrogen-bond acceptors (Lipinski definition) is 9. The van der Waals surface area contributed by atoms with Gasteiger partial charge in [0.1, 0.15) is 16.9 Å². The summed E-state index contributed by atoms with van der Waals surface area (Å²) in [5.41, 5.74) is 3.85. The molecular formula is C39H52O9. The van der Waals surface area contributed by atoms with Crippen molar-refractivity contribution in [1.82, 2.24) is 0 Å². The first-order chi connectivity index (χ1) is 22.3. The maximum absolute atomic E-state index is 13.0. The quantitative estimate of drug-likeness (QED) is 0.207. The molecule has 262 valence electrons. The highest BCUT2D eigenvalue weighted by Gasteiger charge is 2.29. The number of hydrogen-bond donors (Lipinski definition) is 1. The van der Waals surface area contributed by atoms with Crippen molar-refractivity contribution in [2.75, 3.05) is 42.7 Å². The summed E-state index contributed by atoms with van der Waals surface area (Å²) < 4.78 is 38.4. The van der Waals surface area contributed by atoms with Gasteiger partial charge in [-0.3, -0.25) is 4.79 Å². The zero-order valence-electron chi connectivity index (χ0n) is 31.2. The van der Waals surface area contributed by atoms with Gasteiger partial charge in [-0.2, -0.15) is 0 Å². The van der Waals surface area contributed by atoms with E-state index in [4.69, 9.17) is 32.8 Å². The summed E-state index contributed by atoms with van der Waals surface area (Å²) in [6.07, 6.45) is 0. The normalized spacial score (nSPS) is 11.8. The molecule has 0 spiro atoms. The van der Waals surface area contributed by atoms with Crippen LogP contribution in [0.15, 0.2) is 45.6 Å².